The molecule has 3 heterocycles. The quantitative estimate of drug-likeness (QED) is 0.332. The summed E-state index contributed by atoms with van der Waals surface area (Å²) in [5.41, 5.74) is 7.80. The lowest BCUT2D eigenvalue weighted by Gasteiger charge is -2.36. The molecule has 4 aromatic rings. The number of aromatic nitrogens is 1. The van der Waals surface area contributed by atoms with Gasteiger partial charge >= 0.3 is 0 Å². The standard InChI is InChI=1S/C28H30N2OS/c1-5-22-20(4)32-27-24(22)15-16-30(26(27)21-12-7-6-8-13-21)17-25-19(3)31-28(29-25)23-14-10-9-11-18(23)2/h6-14,26H,5,15-17H2,1-4H3. The van der Waals surface area contributed by atoms with Gasteiger partial charge in [0.15, 0.2) is 0 Å². The third-order valence-electron chi connectivity index (χ3n) is 6.70. The van der Waals surface area contributed by atoms with Gasteiger partial charge in [-0.1, -0.05) is 55.5 Å². The van der Waals surface area contributed by atoms with Crippen molar-refractivity contribution in [2.45, 2.75) is 53.1 Å². The zero-order valence-corrected chi connectivity index (χ0v) is 20.1. The number of hydrogen-bond acceptors (Lipinski definition) is 4. The molecule has 0 N–H and O–H groups in total. The summed E-state index contributed by atoms with van der Waals surface area (Å²) in [6.45, 7) is 10.5. The van der Waals surface area contributed by atoms with E-state index in [1.807, 2.05) is 24.3 Å². The molecule has 1 aliphatic rings. The lowest BCUT2D eigenvalue weighted by atomic mass is 9.91. The smallest absolute Gasteiger partial charge is 0.226 e. The van der Waals surface area contributed by atoms with Crippen LogP contribution in [0.5, 0.6) is 0 Å². The van der Waals surface area contributed by atoms with Gasteiger partial charge in [-0.25, -0.2) is 4.98 Å². The fraction of sp³-hybridized carbons (Fsp3) is 0.321. The molecule has 1 aliphatic heterocycles. The van der Waals surface area contributed by atoms with Crippen LogP contribution < -0.4 is 0 Å². The van der Waals surface area contributed by atoms with Gasteiger partial charge in [-0.3, -0.25) is 4.90 Å². The minimum Gasteiger partial charge on any atom is -0.441 e. The number of aryl methyl sites for hydroxylation is 3. The van der Waals surface area contributed by atoms with Crippen LogP contribution in [0.25, 0.3) is 11.5 Å². The molecule has 0 aliphatic carbocycles. The van der Waals surface area contributed by atoms with Crippen molar-refractivity contribution in [1.82, 2.24) is 9.88 Å². The minimum atomic E-state index is 0.266. The maximum atomic E-state index is 6.14. The summed E-state index contributed by atoms with van der Waals surface area (Å²) >= 11 is 1.98. The van der Waals surface area contributed by atoms with E-state index in [1.54, 1.807) is 11.1 Å². The Labute approximate surface area is 194 Å². The van der Waals surface area contributed by atoms with E-state index in [9.17, 15) is 0 Å². The van der Waals surface area contributed by atoms with Gasteiger partial charge in [0, 0.05) is 28.4 Å². The van der Waals surface area contributed by atoms with E-state index in [0.717, 1.165) is 48.8 Å². The van der Waals surface area contributed by atoms with Crippen LogP contribution in [0.2, 0.25) is 0 Å². The number of fused-ring (bicyclic) bond motifs is 1. The van der Waals surface area contributed by atoms with E-state index < -0.39 is 0 Å². The monoisotopic (exact) mass is 442 g/mol. The summed E-state index contributed by atoms with van der Waals surface area (Å²) < 4.78 is 6.14. The van der Waals surface area contributed by atoms with Crippen molar-refractivity contribution in [1.29, 1.82) is 0 Å². The number of hydrogen-bond donors (Lipinski definition) is 0. The van der Waals surface area contributed by atoms with E-state index in [-0.39, 0.29) is 6.04 Å². The Bertz CT molecular complexity index is 1240. The maximum absolute atomic E-state index is 6.14. The molecule has 0 spiro atoms. The van der Waals surface area contributed by atoms with Gasteiger partial charge in [-0.15, -0.1) is 11.3 Å². The Kier molecular flexibility index (Phi) is 5.75. The third-order valence-corrected chi connectivity index (χ3v) is 7.94. The molecule has 32 heavy (non-hydrogen) atoms. The second-order valence-electron chi connectivity index (χ2n) is 8.70. The molecule has 0 bridgehead atoms. The van der Waals surface area contributed by atoms with E-state index >= 15 is 0 Å². The van der Waals surface area contributed by atoms with E-state index in [1.165, 1.54) is 20.9 Å². The number of oxazole rings is 1. The molecule has 164 valence electrons. The van der Waals surface area contributed by atoms with Gasteiger partial charge in [-0.05, 0) is 61.9 Å². The normalized spacial score (nSPS) is 16.3. The first-order valence-electron chi connectivity index (χ1n) is 11.5. The largest absolute Gasteiger partial charge is 0.441 e. The number of nitrogens with zero attached hydrogens (tertiary/aromatic N) is 2. The highest BCUT2D eigenvalue weighted by molar-refractivity contribution is 7.12. The molecule has 3 nitrogen and oxygen atoms in total. The van der Waals surface area contributed by atoms with Crippen LogP contribution in [-0.2, 0) is 19.4 Å². The molecule has 5 rings (SSSR count). The Morgan fingerprint density at radius 3 is 2.53 bits per heavy atom. The predicted octanol–water partition coefficient (Wildman–Crippen LogP) is 7.04. The van der Waals surface area contributed by atoms with E-state index in [4.69, 9.17) is 9.40 Å². The lowest BCUT2D eigenvalue weighted by molar-refractivity contribution is 0.204. The van der Waals surface area contributed by atoms with Crippen LogP contribution in [0.1, 0.15) is 56.4 Å². The molecular weight excluding hydrogens is 412 g/mol. The van der Waals surface area contributed by atoms with E-state index in [2.05, 4.69) is 74.2 Å². The Balaban J connectivity index is 1.52. The van der Waals surface area contributed by atoms with Crippen molar-refractivity contribution in [2.75, 3.05) is 6.54 Å². The number of rotatable bonds is 5. The van der Waals surface area contributed by atoms with Gasteiger partial charge in [-0.2, -0.15) is 0 Å². The topological polar surface area (TPSA) is 29.3 Å². The molecular formula is C28H30N2OS. The highest BCUT2D eigenvalue weighted by Crippen LogP contribution is 2.43. The predicted molar refractivity (Wildman–Crippen MR) is 132 cm³/mol. The molecule has 4 heteroatoms. The molecule has 1 atom stereocenters. The van der Waals surface area contributed by atoms with Gasteiger partial charge in [0.1, 0.15) is 5.76 Å². The van der Waals surface area contributed by atoms with Crippen molar-refractivity contribution >= 4 is 11.3 Å². The molecule has 2 aromatic heterocycles. The number of benzene rings is 2. The van der Waals surface area contributed by atoms with Gasteiger partial charge < -0.3 is 4.42 Å². The average molecular weight is 443 g/mol. The van der Waals surface area contributed by atoms with E-state index in [0.29, 0.717) is 0 Å². The van der Waals surface area contributed by atoms with Crippen LogP contribution >= 0.6 is 11.3 Å². The highest BCUT2D eigenvalue weighted by atomic mass is 32.1. The average Bonchev–Trinajstić information content (AvgIpc) is 3.32. The summed E-state index contributed by atoms with van der Waals surface area (Å²) in [6, 6.07) is 19.5. The molecule has 2 aromatic carbocycles. The Hall–Kier alpha value is -2.69. The molecule has 0 radical (unpaired) electrons. The molecule has 0 fully saturated rings. The SMILES string of the molecule is CCc1c(C)sc2c1CCN(Cc1nc(-c3ccccc3C)oc1C)C2c1ccccc1. The van der Waals surface area contributed by atoms with Crippen LogP contribution in [-0.4, -0.2) is 16.4 Å². The van der Waals surface area contributed by atoms with Crippen LogP contribution in [0.4, 0.5) is 0 Å². The zero-order valence-electron chi connectivity index (χ0n) is 19.3. The Morgan fingerprint density at radius 2 is 1.78 bits per heavy atom. The molecule has 1 unspecified atom stereocenters. The summed E-state index contributed by atoms with van der Waals surface area (Å²) in [5, 5.41) is 0. The molecule has 0 saturated carbocycles. The van der Waals surface area contributed by atoms with Crippen molar-refractivity contribution in [3.05, 3.63) is 98.1 Å². The zero-order chi connectivity index (χ0) is 22.2. The van der Waals surface area contributed by atoms with Crippen LogP contribution in [0.15, 0.2) is 59.0 Å². The first-order chi connectivity index (χ1) is 15.6. The fourth-order valence-corrected chi connectivity index (χ4v) is 6.49. The lowest BCUT2D eigenvalue weighted by Crippen LogP contribution is -2.35. The minimum absolute atomic E-state index is 0.266. The fourth-order valence-electron chi connectivity index (χ4n) is 5.02. The second kappa shape index (κ2) is 8.68. The van der Waals surface area contributed by atoms with Gasteiger partial charge in [0.25, 0.3) is 0 Å². The first-order valence-corrected chi connectivity index (χ1v) is 12.3. The first kappa shape index (κ1) is 21.2. The molecule has 0 saturated heterocycles. The summed E-state index contributed by atoms with van der Waals surface area (Å²) in [7, 11) is 0. The van der Waals surface area contributed by atoms with Crippen molar-refractivity contribution in [2.24, 2.45) is 0 Å². The van der Waals surface area contributed by atoms with Gasteiger partial charge in [0.05, 0.1) is 11.7 Å². The molecule has 0 amide bonds. The Morgan fingerprint density at radius 1 is 1.03 bits per heavy atom. The highest BCUT2D eigenvalue weighted by Gasteiger charge is 2.33. The van der Waals surface area contributed by atoms with Gasteiger partial charge in [0.2, 0.25) is 5.89 Å². The summed E-state index contributed by atoms with van der Waals surface area (Å²) in [5.74, 6) is 1.64. The van der Waals surface area contributed by atoms with Crippen molar-refractivity contribution in [3.8, 4) is 11.5 Å². The maximum Gasteiger partial charge on any atom is 0.226 e. The van der Waals surface area contributed by atoms with Crippen LogP contribution in [0, 0.1) is 20.8 Å². The third kappa shape index (κ3) is 3.72. The summed E-state index contributed by atoms with van der Waals surface area (Å²) in [6.07, 6.45) is 2.22. The second-order valence-corrected chi connectivity index (χ2v) is 9.96. The number of thiophene rings is 1. The van der Waals surface area contributed by atoms with Crippen molar-refractivity contribution < 1.29 is 4.42 Å². The van der Waals surface area contributed by atoms with Crippen molar-refractivity contribution in [3.63, 3.8) is 0 Å². The summed E-state index contributed by atoms with van der Waals surface area (Å²) in [4.78, 5) is 10.5. The van der Waals surface area contributed by atoms with Crippen LogP contribution in [0.3, 0.4) is 0 Å².